The van der Waals surface area contributed by atoms with E-state index in [9.17, 15) is 0 Å². The van der Waals surface area contributed by atoms with E-state index in [0.717, 1.165) is 10.7 Å². The van der Waals surface area contributed by atoms with E-state index in [1.54, 1.807) is 0 Å². The maximum atomic E-state index is 3.61. The van der Waals surface area contributed by atoms with Gasteiger partial charge in [-0.25, -0.2) is 0 Å². The molecule has 0 bridgehead atoms. The second-order valence-corrected chi connectivity index (χ2v) is 4.77. The predicted octanol–water partition coefficient (Wildman–Crippen LogP) is 4.41. The topological polar surface area (TPSA) is 0 Å². The summed E-state index contributed by atoms with van der Waals surface area (Å²) in [5.41, 5.74) is 2.70. The molecule has 0 N–H and O–H groups in total. The van der Waals surface area contributed by atoms with Crippen molar-refractivity contribution >= 4 is 47.8 Å². The van der Waals surface area contributed by atoms with Crippen LogP contribution >= 0.6 is 47.8 Å². The van der Waals surface area contributed by atoms with Gasteiger partial charge in [-0.2, -0.15) is 0 Å². The van der Waals surface area contributed by atoms with E-state index >= 15 is 0 Å². The Balaban J connectivity index is 2.96. The molecule has 0 aliphatic rings. The lowest BCUT2D eigenvalue weighted by molar-refractivity contribution is 1.11. The first kappa shape index (κ1) is 10.7. The lowest BCUT2D eigenvalue weighted by Gasteiger charge is -2.10. The van der Waals surface area contributed by atoms with E-state index < -0.39 is 0 Å². The Morgan fingerprint density at radius 2 is 1.83 bits per heavy atom. The zero-order valence-electron chi connectivity index (χ0n) is 6.43. The van der Waals surface area contributed by atoms with Crippen molar-refractivity contribution in [3.63, 3.8) is 0 Å². The molecule has 66 valence electrons. The largest absolute Gasteiger partial charge is 0.0912 e. The molecule has 0 fully saturated rings. The van der Waals surface area contributed by atoms with Crippen LogP contribution in [0.5, 0.6) is 0 Å². The second-order valence-electron chi connectivity index (χ2n) is 2.45. The average molecular weight is 357 g/mol. The van der Waals surface area contributed by atoms with Crippen LogP contribution in [0, 0.1) is 0 Å². The van der Waals surface area contributed by atoms with Crippen LogP contribution in [-0.4, -0.2) is 5.33 Å². The average Bonchev–Trinajstić information content (AvgIpc) is 2.16. The van der Waals surface area contributed by atoms with Gasteiger partial charge in [-0.05, 0) is 11.1 Å². The lowest BCUT2D eigenvalue weighted by Crippen LogP contribution is -1.95. The van der Waals surface area contributed by atoms with Gasteiger partial charge in [0, 0.05) is 15.5 Å². The number of rotatable bonds is 3. The third-order valence-corrected chi connectivity index (χ3v) is 4.61. The minimum Gasteiger partial charge on any atom is -0.0912 e. The van der Waals surface area contributed by atoms with Crippen molar-refractivity contribution in [2.24, 2.45) is 0 Å². The first-order valence-electron chi connectivity index (χ1n) is 3.63. The minimum absolute atomic E-state index is 0.409. The number of benzene rings is 1. The monoisotopic (exact) mass is 354 g/mol. The zero-order valence-corrected chi connectivity index (χ0v) is 11.2. The van der Waals surface area contributed by atoms with Gasteiger partial charge in [-0.3, -0.25) is 0 Å². The molecule has 0 radical (unpaired) electrons. The molecule has 0 nitrogen and oxygen atoms in total. The fourth-order valence-corrected chi connectivity index (χ4v) is 2.35. The van der Waals surface area contributed by atoms with Gasteiger partial charge in [0.1, 0.15) is 0 Å². The summed E-state index contributed by atoms with van der Waals surface area (Å²) >= 11 is 10.5. The first-order valence-corrected chi connectivity index (χ1v) is 6.79. The van der Waals surface area contributed by atoms with Gasteiger partial charge in [0.05, 0.1) is 0 Å². The Morgan fingerprint density at radius 3 is 2.42 bits per heavy atom. The molecule has 1 rings (SSSR count). The summed E-state index contributed by atoms with van der Waals surface area (Å²) in [4.78, 5) is 0.409. The Bertz CT molecular complexity index is 247. The van der Waals surface area contributed by atoms with Crippen LogP contribution in [0.3, 0.4) is 0 Å². The van der Waals surface area contributed by atoms with Gasteiger partial charge in [0.2, 0.25) is 0 Å². The van der Waals surface area contributed by atoms with E-state index in [2.05, 4.69) is 72.1 Å². The van der Waals surface area contributed by atoms with E-state index in [1.165, 1.54) is 11.1 Å². The van der Waals surface area contributed by atoms with Crippen molar-refractivity contribution in [2.45, 2.75) is 10.2 Å². The second kappa shape index (κ2) is 5.40. The first-order chi connectivity index (χ1) is 5.79. The molecule has 1 atom stereocenters. The molecule has 1 aromatic rings. The van der Waals surface area contributed by atoms with Gasteiger partial charge in [-0.1, -0.05) is 72.1 Å². The Hall–Kier alpha value is 0.660. The molecule has 3 heteroatoms. The third kappa shape index (κ3) is 2.57. The summed E-state index contributed by atoms with van der Waals surface area (Å²) < 4.78 is 0. The fourth-order valence-electron chi connectivity index (χ4n) is 1.04. The Kier molecular flexibility index (Phi) is 4.84. The van der Waals surface area contributed by atoms with Gasteiger partial charge in [-0.15, -0.1) is 0 Å². The quantitative estimate of drug-likeness (QED) is 0.704. The van der Waals surface area contributed by atoms with Crippen molar-refractivity contribution in [3.8, 4) is 0 Å². The molecule has 0 spiro atoms. The van der Waals surface area contributed by atoms with E-state index in [4.69, 9.17) is 0 Å². The van der Waals surface area contributed by atoms with Crippen LogP contribution in [0.1, 0.15) is 16.0 Å². The van der Waals surface area contributed by atoms with Crippen molar-refractivity contribution in [3.05, 3.63) is 35.4 Å². The van der Waals surface area contributed by atoms with Gasteiger partial charge in [0.15, 0.2) is 0 Å². The molecule has 0 saturated carbocycles. The van der Waals surface area contributed by atoms with Crippen LogP contribution in [0.15, 0.2) is 24.3 Å². The van der Waals surface area contributed by atoms with E-state index in [0.29, 0.717) is 4.83 Å². The van der Waals surface area contributed by atoms with E-state index in [-0.39, 0.29) is 0 Å². The summed E-state index contributed by atoms with van der Waals surface area (Å²) in [6.07, 6.45) is 0. The summed E-state index contributed by atoms with van der Waals surface area (Å²) in [6.45, 7) is 0. The SMILES string of the molecule is BrCc1ccccc1C(Br)CBr. The van der Waals surface area contributed by atoms with Crippen molar-refractivity contribution in [1.82, 2.24) is 0 Å². The van der Waals surface area contributed by atoms with Crippen molar-refractivity contribution in [2.75, 3.05) is 5.33 Å². The van der Waals surface area contributed by atoms with Gasteiger partial charge >= 0.3 is 0 Å². The smallest absolute Gasteiger partial charge is 0.0495 e. The molecule has 0 aliphatic heterocycles. The van der Waals surface area contributed by atoms with Crippen molar-refractivity contribution in [1.29, 1.82) is 0 Å². The highest BCUT2D eigenvalue weighted by Gasteiger charge is 2.08. The molecule has 0 heterocycles. The highest BCUT2D eigenvalue weighted by molar-refractivity contribution is 9.12. The maximum Gasteiger partial charge on any atom is 0.0495 e. The van der Waals surface area contributed by atoms with Gasteiger partial charge < -0.3 is 0 Å². The molecule has 12 heavy (non-hydrogen) atoms. The Morgan fingerprint density at radius 1 is 1.17 bits per heavy atom. The number of hydrogen-bond acceptors (Lipinski definition) is 0. The van der Waals surface area contributed by atoms with Crippen LogP contribution in [0.25, 0.3) is 0 Å². The van der Waals surface area contributed by atoms with Crippen LogP contribution < -0.4 is 0 Å². The van der Waals surface area contributed by atoms with Crippen molar-refractivity contribution < 1.29 is 0 Å². The summed E-state index contributed by atoms with van der Waals surface area (Å²) in [5, 5.41) is 1.86. The number of halogens is 3. The minimum atomic E-state index is 0.409. The van der Waals surface area contributed by atoms with Crippen LogP contribution in [0.2, 0.25) is 0 Å². The van der Waals surface area contributed by atoms with Crippen LogP contribution in [0.4, 0.5) is 0 Å². The predicted molar refractivity (Wildman–Crippen MR) is 64.5 cm³/mol. The van der Waals surface area contributed by atoms with Gasteiger partial charge in [0.25, 0.3) is 0 Å². The summed E-state index contributed by atoms with van der Waals surface area (Å²) in [7, 11) is 0. The third-order valence-electron chi connectivity index (χ3n) is 1.67. The molecular formula is C9H9Br3. The fraction of sp³-hybridized carbons (Fsp3) is 0.333. The normalized spacial score (nSPS) is 12.9. The molecule has 1 unspecified atom stereocenters. The number of hydrogen-bond donors (Lipinski definition) is 0. The zero-order chi connectivity index (χ0) is 8.97. The van der Waals surface area contributed by atoms with E-state index in [1.807, 2.05) is 0 Å². The standard InChI is InChI=1S/C9H9Br3/c10-5-7-3-1-2-4-8(7)9(12)6-11/h1-4,9H,5-6H2. The highest BCUT2D eigenvalue weighted by Crippen LogP contribution is 2.28. The Labute approximate surface area is 98.1 Å². The maximum absolute atomic E-state index is 3.61. The molecule has 0 aromatic heterocycles. The molecule has 0 amide bonds. The van der Waals surface area contributed by atoms with Crippen LogP contribution in [-0.2, 0) is 5.33 Å². The molecule has 1 aromatic carbocycles. The summed E-state index contributed by atoms with van der Waals surface area (Å²) in [5.74, 6) is 0. The molecule has 0 aliphatic carbocycles. The molecular weight excluding hydrogens is 348 g/mol. The lowest BCUT2D eigenvalue weighted by atomic mass is 10.1. The summed E-state index contributed by atoms with van der Waals surface area (Å²) in [6, 6.07) is 8.42. The highest BCUT2D eigenvalue weighted by atomic mass is 79.9. The molecule has 0 saturated heterocycles. The number of alkyl halides is 3.